The van der Waals surface area contributed by atoms with E-state index in [2.05, 4.69) is 4.98 Å². The molecule has 8 nitrogen and oxygen atoms in total. The lowest BCUT2D eigenvalue weighted by molar-refractivity contribution is 0.0997. The van der Waals surface area contributed by atoms with Gasteiger partial charge in [-0.1, -0.05) is 24.3 Å². The topological polar surface area (TPSA) is 115 Å². The molecule has 0 atom stereocenters. The number of amides is 2. The molecule has 162 valence electrons. The minimum Gasteiger partial charge on any atom is -0.465 e. The van der Waals surface area contributed by atoms with Crippen molar-refractivity contribution in [3.05, 3.63) is 84.1 Å². The van der Waals surface area contributed by atoms with E-state index < -0.39 is 12.0 Å². The molecule has 0 radical (unpaired) electrons. The van der Waals surface area contributed by atoms with Gasteiger partial charge in [0, 0.05) is 19.3 Å². The normalized spacial score (nSPS) is 13.2. The summed E-state index contributed by atoms with van der Waals surface area (Å²) in [4.78, 5) is 28.7. The van der Waals surface area contributed by atoms with Crippen LogP contribution in [0.25, 0.3) is 5.57 Å². The Morgan fingerprint density at radius 2 is 1.62 bits per heavy atom. The van der Waals surface area contributed by atoms with Gasteiger partial charge >= 0.3 is 6.09 Å². The predicted octanol–water partition coefficient (Wildman–Crippen LogP) is 4.53. The Kier molecular flexibility index (Phi) is 6.03. The molecule has 2 amide bonds. The maximum absolute atomic E-state index is 12.0. The SMILES string of the molecule is NC(=O)c1cc(C2=CCN(C(=O)O)CC2)cnc1Oc1ccc(Oc2ccccc2)cc1. The summed E-state index contributed by atoms with van der Waals surface area (Å²) in [5, 5.41) is 9.08. The molecule has 0 bridgehead atoms. The van der Waals surface area contributed by atoms with Crippen molar-refractivity contribution in [1.29, 1.82) is 0 Å². The van der Waals surface area contributed by atoms with Crippen LogP contribution < -0.4 is 15.2 Å². The molecule has 32 heavy (non-hydrogen) atoms. The molecule has 1 aromatic heterocycles. The van der Waals surface area contributed by atoms with Gasteiger partial charge in [0.25, 0.3) is 5.91 Å². The quantitative estimate of drug-likeness (QED) is 0.592. The summed E-state index contributed by atoms with van der Waals surface area (Å²) in [7, 11) is 0. The highest BCUT2D eigenvalue weighted by Crippen LogP contribution is 2.30. The van der Waals surface area contributed by atoms with Gasteiger partial charge in [-0.2, -0.15) is 0 Å². The number of primary amides is 1. The van der Waals surface area contributed by atoms with Crippen LogP contribution in [0.3, 0.4) is 0 Å². The van der Waals surface area contributed by atoms with Crippen molar-refractivity contribution in [2.45, 2.75) is 6.42 Å². The Morgan fingerprint density at radius 3 is 2.22 bits per heavy atom. The second-order valence-corrected chi connectivity index (χ2v) is 7.14. The van der Waals surface area contributed by atoms with Gasteiger partial charge < -0.3 is 25.2 Å². The molecule has 1 aliphatic rings. The van der Waals surface area contributed by atoms with E-state index in [4.69, 9.17) is 20.3 Å². The number of benzene rings is 2. The molecule has 3 N–H and O–H groups in total. The fraction of sp³-hybridized carbons (Fsp3) is 0.125. The van der Waals surface area contributed by atoms with Crippen LogP contribution in [0.15, 0.2) is 72.9 Å². The number of carboxylic acid groups (broad SMARTS) is 1. The first-order chi connectivity index (χ1) is 15.5. The molecule has 1 aliphatic heterocycles. The zero-order valence-corrected chi connectivity index (χ0v) is 17.1. The van der Waals surface area contributed by atoms with E-state index in [1.807, 2.05) is 36.4 Å². The Bertz CT molecular complexity index is 1160. The smallest absolute Gasteiger partial charge is 0.407 e. The second kappa shape index (κ2) is 9.22. The van der Waals surface area contributed by atoms with Gasteiger partial charge in [0.1, 0.15) is 22.8 Å². The number of hydrogen-bond acceptors (Lipinski definition) is 5. The first kappa shape index (κ1) is 20.9. The number of para-hydroxylation sites is 1. The van der Waals surface area contributed by atoms with Crippen molar-refractivity contribution in [2.24, 2.45) is 5.73 Å². The third-order valence-electron chi connectivity index (χ3n) is 4.98. The molecule has 4 rings (SSSR count). The first-order valence-electron chi connectivity index (χ1n) is 9.97. The molecule has 0 saturated heterocycles. The van der Waals surface area contributed by atoms with Crippen LogP contribution in [-0.2, 0) is 0 Å². The summed E-state index contributed by atoms with van der Waals surface area (Å²) in [6.07, 6.45) is 2.97. The number of aromatic nitrogens is 1. The Balaban J connectivity index is 1.50. The van der Waals surface area contributed by atoms with Gasteiger partial charge in [0.05, 0.1) is 0 Å². The van der Waals surface area contributed by atoms with Crippen LogP contribution in [0, 0.1) is 0 Å². The van der Waals surface area contributed by atoms with Gasteiger partial charge in [0.2, 0.25) is 5.88 Å². The van der Waals surface area contributed by atoms with E-state index in [1.54, 1.807) is 36.5 Å². The molecule has 0 aliphatic carbocycles. The predicted molar refractivity (Wildman–Crippen MR) is 118 cm³/mol. The van der Waals surface area contributed by atoms with Crippen molar-refractivity contribution in [1.82, 2.24) is 9.88 Å². The lowest BCUT2D eigenvalue weighted by Crippen LogP contribution is -2.33. The molecular formula is C24H21N3O5. The van der Waals surface area contributed by atoms with Gasteiger partial charge in [-0.05, 0) is 60.0 Å². The Labute approximate surface area is 184 Å². The Hall–Kier alpha value is -4.33. The number of carbonyl (C=O) groups excluding carboxylic acids is 1. The van der Waals surface area contributed by atoms with Crippen LogP contribution in [0.5, 0.6) is 23.1 Å². The fourth-order valence-electron chi connectivity index (χ4n) is 3.30. The summed E-state index contributed by atoms with van der Waals surface area (Å²) in [5.74, 6) is 1.27. The first-order valence-corrected chi connectivity index (χ1v) is 9.97. The number of nitrogens with zero attached hydrogens (tertiary/aromatic N) is 2. The minimum absolute atomic E-state index is 0.0987. The molecular weight excluding hydrogens is 410 g/mol. The third-order valence-corrected chi connectivity index (χ3v) is 4.98. The molecule has 3 aromatic rings. The summed E-state index contributed by atoms with van der Waals surface area (Å²) >= 11 is 0. The monoisotopic (exact) mass is 431 g/mol. The third kappa shape index (κ3) is 4.86. The molecule has 0 spiro atoms. The van der Waals surface area contributed by atoms with Crippen LogP contribution in [-0.4, -0.2) is 40.1 Å². The highest BCUT2D eigenvalue weighted by atomic mass is 16.5. The van der Waals surface area contributed by atoms with E-state index in [0.717, 1.165) is 11.3 Å². The molecule has 0 fully saturated rings. The number of rotatable bonds is 6. The maximum Gasteiger partial charge on any atom is 0.407 e. The summed E-state index contributed by atoms with van der Waals surface area (Å²) < 4.78 is 11.6. The maximum atomic E-state index is 12.0. The zero-order chi connectivity index (χ0) is 22.5. The number of ether oxygens (including phenoxy) is 2. The standard InChI is InChI=1S/C24H21N3O5/c25-22(28)21-14-17(16-10-12-27(13-11-16)24(29)30)15-26-23(21)32-20-8-6-19(7-9-20)31-18-4-2-1-3-5-18/h1-10,14-15H,11-13H2,(H2,25,28)(H,29,30). The van der Waals surface area contributed by atoms with Crippen LogP contribution in [0.4, 0.5) is 4.79 Å². The molecule has 2 aromatic carbocycles. The summed E-state index contributed by atoms with van der Waals surface area (Å²) in [6.45, 7) is 0.662. The van der Waals surface area contributed by atoms with E-state index in [-0.39, 0.29) is 18.0 Å². The summed E-state index contributed by atoms with van der Waals surface area (Å²) in [6, 6.07) is 18.0. The van der Waals surface area contributed by atoms with E-state index in [1.165, 1.54) is 4.90 Å². The minimum atomic E-state index is -0.958. The average Bonchev–Trinajstić information content (AvgIpc) is 2.81. The highest BCUT2D eigenvalue weighted by Gasteiger charge is 2.19. The van der Waals surface area contributed by atoms with Crippen molar-refractivity contribution in [2.75, 3.05) is 13.1 Å². The van der Waals surface area contributed by atoms with E-state index in [9.17, 15) is 9.59 Å². The van der Waals surface area contributed by atoms with Crippen molar-refractivity contribution >= 4 is 17.6 Å². The molecule has 0 saturated carbocycles. The van der Waals surface area contributed by atoms with E-state index >= 15 is 0 Å². The summed E-state index contributed by atoms with van der Waals surface area (Å²) in [5.41, 5.74) is 7.32. The molecule has 8 heteroatoms. The lowest BCUT2D eigenvalue weighted by atomic mass is 9.99. The lowest BCUT2D eigenvalue weighted by Gasteiger charge is -2.24. The van der Waals surface area contributed by atoms with Crippen LogP contribution >= 0.6 is 0 Å². The Morgan fingerprint density at radius 1 is 0.969 bits per heavy atom. The fourth-order valence-corrected chi connectivity index (χ4v) is 3.30. The van der Waals surface area contributed by atoms with Crippen LogP contribution in [0.1, 0.15) is 22.3 Å². The van der Waals surface area contributed by atoms with Gasteiger partial charge in [-0.15, -0.1) is 0 Å². The number of hydrogen-bond donors (Lipinski definition) is 2. The van der Waals surface area contributed by atoms with Crippen molar-refractivity contribution in [3.8, 4) is 23.1 Å². The van der Waals surface area contributed by atoms with Gasteiger partial charge in [0.15, 0.2) is 0 Å². The van der Waals surface area contributed by atoms with E-state index in [0.29, 0.717) is 30.0 Å². The van der Waals surface area contributed by atoms with Gasteiger partial charge in [-0.25, -0.2) is 9.78 Å². The van der Waals surface area contributed by atoms with Crippen molar-refractivity contribution < 1.29 is 24.2 Å². The average molecular weight is 431 g/mol. The number of nitrogens with two attached hydrogens (primary N) is 1. The van der Waals surface area contributed by atoms with Gasteiger partial charge in [-0.3, -0.25) is 4.79 Å². The highest BCUT2D eigenvalue weighted by molar-refractivity contribution is 5.96. The molecule has 2 heterocycles. The molecule has 0 unspecified atom stereocenters. The van der Waals surface area contributed by atoms with Crippen molar-refractivity contribution in [3.63, 3.8) is 0 Å². The number of pyridine rings is 1. The van der Waals surface area contributed by atoms with Crippen LogP contribution in [0.2, 0.25) is 0 Å². The zero-order valence-electron chi connectivity index (χ0n) is 17.1. The number of carbonyl (C=O) groups is 2. The second-order valence-electron chi connectivity index (χ2n) is 7.14. The largest absolute Gasteiger partial charge is 0.465 e.